The van der Waals surface area contributed by atoms with Crippen molar-refractivity contribution >= 4 is 27.5 Å². The predicted octanol–water partition coefficient (Wildman–Crippen LogP) is 3.28. The molecule has 0 saturated heterocycles. The number of aromatic nitrogens is 1. The third-order valence-corrected chi connectivity index (χ3v) is 3.09. The highest BCUT2D eigenvalue weighted by atomic mass is 79.9. The lowest BCUT2D eigenvalue weighted by Gasteiger charge is -2.08. The average Bonchev–Trinajstić information content (AvgIpc) is 2.39. The molecule has 0 aliphatic rings. The number of hydrogen-bond donors (Lipinski definition) is 1. The van der Waals surface area contributed by atoms with Crippen molar-refractivity contribution in [3.8, 4) is 6.07 Å². The molecule has 1 amide bonds. The number of rotatable bonds is 2. The Bertz CT molecular complexity index is 659. The lowest BCUT2D eigenvalue weighted by atomic mass is 10.1. The summed E-state index contributed by atoms with van der Waals surface area (Å²) in [6, 6.07) is 10.8. The van der Waals surface area contributed by atoms with Gasteiger partial charge in [-0.1, -0.05) is 12.1 Å². The number of halogens is 1. The molecular weight excluding hydrogens is 306 g/mol. The molecule has 2 aromatic rings. The monoisotopic (exact) mass is 315 g/mol. The predicted molar refractivity (Wildman–Crippen MR) is 75.8 cm³/mol. The summed E-state index contributed by atoms with van der Waals surface area (Å²) in [5, 5.41) is 11.8. The molecule has 94 valence electrons. The minimum atomic E-state index is -0.290. The number of carbonyl (C=O) groups excluding carboxylic acids is 1. The van der Waals surface area contributed by atoms with E-state index in [4.69, 9.17) is 5.26 Å². The van der Waals surface area contributed by atoms with Crippen molar-refractivity contribution in [2.75, 3.05) is 5.32 Å². The zero-order valence-corrected chi connectivity index (χ0v) is 11.7. The molecule has 19 heavy (non-hydrogen) atoms. The molecule has 1 aromatic carbocycles. The molecule has 5 heteroatoms. The van der Waals surface area contributed by atoms with Gasteiger partial charge in [-0.25, -0.2) is 4.98 Å². The van der Waals surface area contributed by atoms with Crippen LogP contribution in [0.1, 0.15) is 21.5 Å². The average molecular weight is 316 g/mol. The maximum atomic E-state index is 12.0. The van der Waals surface area contributed by atoms with Gasteiger partial charge in [-0.2, -0.15) is 5.26 Å². The fraction of sp³-hybridized carbons (Fsp3) is 0.0714. The third kappa shape index (κ3) is 2.98. The van der Waals surface area contributed by atoms with E-state index in [0.717, 1.165) is 5.56 Å². The maximum Gasteiger partial charge on any atom is 0.257 e. The Balaban J connectivity index is 2.27. The van der Waals surface area contributed by atoms with Crippen LogP contribution >= 0.6 is 15.9 Å². The first kappa shape index (κ1) is 13.2. The Kier molecular flexibility index (Phi) is 3.93. The Morgan fingerprint density at radius 1 is 1.37 bits per heavy atom. The Hall–Kier alpha value is -2.19. The summed E-state index contributed by atoms with van der Waals surface area (Å²) in [6.45, 7) is 1.83. The van der Waals surface area contributed by atoms with E-state index in [1.165, 1.54) is 6.20 Å². The first-order valence-corrected chi connectivity index (χ1v) is 6.33. The Labute approximate surface area is 119 Å². The molecule has 1 aromatic heterocycles. The van der Waals surface area contributed by atoms with E-state index in [9.17, 15) is 4.79 Å². The van der Waals surface area contributed by atoms with Gasteiger partial charge in [-0.3, -0.25) is 4.79 Å². The molecule has 1 heterocycles. The van der Waals surface area contributed by atoms with Gasteiger partial charge in [0.2, 0.25) is 0 Å². The quantitative estimate of drug-likeness (QED) is 0.865. The van der Waals surface area contributed by atoms with Crippen LogP contribution in [-0.2, 0) is 0 Å². The first-order chi connectivity index (χ1) is 9.11. The van der Waals surface area contributed by atoms with Crippen molar-refractivity contribution in [3.05, 3.63) is 57.8 Å². The summed E-state index contributed by atoms with van der Waals surface area (Å²) in [5.41, 5.74) is 2.25. The minimum absolute atomic E-state index is 0.290. The van der Waals surface area contributed by atoms with E-state index in [1.54, 1.807) is 24.3 Å². The molecule has 0 unspecified atom stereocenters. The SMILES string of the molecule is Cc1cccc(NC(=O)c2ccc(Br)nc2)c1C#N. The van der Waals surface area contributed by atoms with Crippen LogP contribution in [0.3, 0.4) is 0 Å². The number of hydrogen-bond acceptors (Lipinski definition) is 3. The van der Waals surface area contributed by atoms with Crippen molar-refractivity contribution in [1.82, 2.24) is 4.98 Å². The number of amides is 1. The van der Waals surface area contributed by atoms with Crippen molar-refractivity contribution < 1.29 is 4.79 Å². The van der Waals surface area contributed by atoms with Gasteiger partial charge in [0.05, 0.1) is 16.8 Å². The van der Waals surface area contributed by atoms with Crippen LogP contribution < -0.4 is 5.32 Å². The van der Waals surface area contributed by atoms with E-state index in [0.29, 0.717) is 21.4 Å². The van der Waals surface area contributed by atoms with E-state index >= 15 is 0 Å². The summed E-state index contributed by atoms with van der Waals surface area (Å²) < 4.78 is 0.664. The summed E-state index contributed by atoms with van der Waals surface area (Å²) in [4.78, 5) is 16.0. The van der Waals surface area contributed by atoms with Crippen LogP contribution in [0.15, 0.2) is 41.1 Å². The van der Waals surface area contributed by atoms with E-state index in [-0.39, 0.29) is 5.91 Å². The van der Waals surface area contributed by atoms with Gasteiger partial charge < -0.3 is 5.32 Å². The molecular formula is C14H10BrN3O. The molecule has 0 atom stereocenters. The molecule has 0 radical (unpaired) electrons. The number of carbonyl (C=O) groups is 1. The summed E-state index contributed by atoms with van der Waals surface area (Å²) in [5.74, 6) is -0.290. The van der Waals surface area contributed by atoms with E-state index in [2.05, 4.69) is 32.3 Å². The molecule has 0 saturated carbocycles. The molecule has 0 aliphatic heterocycles. The molecule has 0 bridgehead atoms. The second kappa shape index (κ2) is 5.63. The van der Waals surface area contributed by atoms with E-state index < -0.39 is 0 Å². The van der Waals surface area contributed by atoms with Crippen molar-refractivity contribution in [1.29, 1.82) is 5.26 Å². The van der Waals surface area contributed by atoms with Gasteiger partial charge in [-0.05, 0) is 46.6 Å². The minimum Gasteiger partial charge on any atom is -0.321 e. The number of aryl methyl sites for hydroxylation is 1. The number of nitrogens with zero attached hydrogens (tertiary/aromatic N) is 2. The fourth-order valence-corrected chi connectivity index (χ4v) is 1.86. The van der Waals surface area contributed by atoms with Crippen LogP contribution in [0.5, 0.6) is 0 Å². The number of pyridine rings is 1. The summed E-state index contributed by atoms with van der Waals surface area (Å²) in [6.07, 6.45) is 1.47. The van der Waals surface area contributed by atoms with E-state index in [1.807, 2.05) is 13.0 Å². The maximum absolute atomic E-state index is 12.0. The highest BCUT2D eigenvalue weighted by molar-refractivity contribution is 9.10. The lowest BCUT2D eigenvalue weighted by molar-refractivity contribution is 0.102. The normalized spacial score (nSPS) is 9.74. The van der Waals surface area contributed by atoms with Crippen LogP contribution in [0, 0.1) is 18.3 Å². The Morgan fingerprint density at radius 2 is 2.16 bits per heavy atom. The summed E-state index contributed by atoms with van der Waals surface area (Å²) >= 11 is 3.21. The second-order valence-corrected chi connectivity index (χ2v) is 4.75. The second-order valence-electron chi connectivity index (χ2n) is 3.93. The van der Waals surface area contributed by atoms with Crippen molar-refractivity contribution in [2.45, 2.75) is 6.92 Å². The highest BCUT2D eigenvalue weighted by Gasteiger charge is 2.10. The molecule has 1 N–H and O–H groups in total. The van der Waals surface area contributed by atoms with Crippen LogP contribution in [0.2, 0.25) is 0 Å². The first-order valence-electron chi connectivity index (χ1n) is 5.54. The molecule has 4 nitrogen and oxygen atoms in total. The largest absolute Gasteiger partial charge is 0.321 e. The van der Waals surface area contributed by atoms with Crippen molar-refractivity contribution in [2.24, 2.45) is 0 Å². The van der Waals surface area contributed by atoms with Crippen molar-refractivity contribution in [3.63, 3.8) is 0 Å². The zero-order chi connectivity index (χ0) is 13.8. The highest BCUT2D eigenvalue weighted by Crippen LogP contribution is 2.19. The molecule has 0 fully saturated rings. The van der Waals surface area contributed by atoms with Crippen LogP contribution in [0.25, 0.3) is 0 Å². The molecule has 2 rings (SSSR count). The van der Waals surface area contributed by atoms with Gasteiger partial charge >= 0.3 is 0 Å². The topological polar surface area (TPSA) is 65.8 Å². The van der Waals surface area contributed by atoms with Gasteiger partial charge in [-0.15, -0.1) is 0 Å². The van der Waals surface area contributed by atoms with Gasteiger partial charge in [0.25, 0.3) is 5.91 Å². The standard InChI is InChI=1S/C14H10BrN3O/c1-9-3-2-4-12(11(9)7-16)18-14(19)10-5-6-13(15)17-8-10/h2-6,8H,1H3,(H,18,19). The van der Waals surface area contributed by atoms with Crippen LogP contribution in [0.4, 0.5) is 5.69 Å². The lowest BCUT2D eigenvalue weighted by Crippen LogP contribution is -2.13. The van der Waals surface area contributed by atoms with Gasteiger partial charge in [0, 0.05) is 6.20 Å². The Morgan fingerprint density at radius 3 is 2.79 bits per heavy atom. The zero-order valence-electron chi connectivity index (χ0n) is 10.1. The smallest absolute Gasteiger partial charge is 0.257 e. The number of benzene rings is 1. The third-order valence-electron chi connectivity index (χ3n) is 2.62. The molecule has 0 aliphatic carbocycles. The van der Waals surface area contributed by atoms with Gasteiger partial charge in [0.15, 0.2) is 0 Å². The number of anilines is 1. The molecule has 0 spiro atoms. The number of nitriles is 1. The van der Waals surface area contributed by atoms with Gasteiger partial charge in [0.1, 0.15) is 10.7 Å². The number of nitrogens with one attached hydrogen (secondary N) is 1. The van der Waals surface area contributed by atoms with Crippen LogP contribution in [-0.4, -0.2) is 10.9 Å². The fourth-order valence-electron chi connectivity index (χ4n) is 1.62. The summed E-state index contributed by atoms with van der Waals surface area (Å²) in [7, 11) is 0.